The van der Waals surface area contributed by atoms with Crippen molar-refractivity contribution >= 4 is 11.8 Å². The number of hydrogen-bond donors (Lipinski definition) is 0. The number of furan rings is 1. The largest absolute Gasteiger partial charge is 0.467 e. The maximum atomic E-state index is 14.0. The van der Waals surface area contributed by atoms with Gasteiger partial charge in [0.2, 0.25) is 0 Å². The smallest absolute Gasteiger partial charge is 0.252 e. The summed E-state index contributed by atoms with van der Waals surface area (Å²) in [7, 11) is 0. The SMILES string of the molecule is Fc1nc(F)c(F)c(Sc2nnc(-c3cccnc3)n2Cc2ccco2)c1F. The van der Waals surface area contributed by atoms with Crippen molar-refractivity contribution < 1.29 is 22.0 Å². The Bertz CT molecular complexity index is 1090. The number of aromatic nitrogens is 5. The van der Waals surface area contributed by atoms with E-state index in [9.17, 15) is 17.6 Å². The van der Waals surface area contributed by atoms with E-state index in [4.69, 9.17) is 4.42 Å². The molecule has 0 unspecified atom stereocenters. The van der Waals surface area contributed by atoms with Crippen LogP contribution in [0.2, 0.25) is 0 Å². The lowest BCUT2D eigenvalue weighted by Gasteiger charge is -2.09. The fourth-order valence-corrected chi connectivity index (χ4v) is 3.30. The van der Waals surface area contributed by atoms with Crippen molar-refractivity contribution in [2.24, 2.45) is 0 Å². The molecule has 0 amide bonds. The first-order chi connectivity index (χ1) is 13.5. The molecule has 0 aromatic carbocycles. The predicted molar refractivity (Wildman–Crippen MR) is 89.3 cm³/mol. The average Bonchev–Trinajstić information content (AvgIpc) is 3.35. The molecule has 0 saturated carbocycles. The second-order valence-corrected chi connectivity index (χ2v) is 6.44. The lowest BCUT2D eigenvalue weighted by atomic mass is 10.2. The first kappa shape index (κ1) is 18.2. The summed E-state index contributed by atoms with van der Waals surface area (Å²) in [4.78, 5) is 5.65. The molecule has 0 aliphatic heterocycles. The molecule has 0 fully saturated rings. The van der Waals surface area contributed by atoms with Crippen LogP contribution in [0.15, 0.2) is 57.4 Å². The molecular weight excluding hydrogens is 398 g/mol. The maximum absolute atomic E-state index is 14.0. The molecule has 11 heteroatoms. The highest BCUT2D eigenvalue weighted by Gasteiger charge is 2.25. The van der Waals surface area contributed by atoms with Crippen LogP contribution < -0.4 is 0 Å². The minimum atomic E-state index is -1.74. The Morgan fingerprint density at radius 3 is 2.43 bits per heavy atom. The minimum absolute atomic E-state index is 0.00180. The Labute approximate surface area is 159 Å². The van der Waals surface area contributed by atoms with Crippen molar-refractivity contribution in [2.75, 3.05) is 0 Å². The van der Waals surface area contributed by atoms with Gasteiger partial charge in [-0.05, 0) is 36.0 Å². The summed E-state index contributed by atoms with van der Waals surface area (Å²) in [6, 6.07) is 6.76. The van der Waals surface area contributed by atoms with E-state index in [0.29, 0.717) is 28.9 Å². The van der Waals surface area contributed by atoms with Crippen molar-refractivity contribution in [1.82, 2.24) is 24.7 Å². The highest BCUT2D eigenvalue weighted by Crippen LogP contribution is 2.34. The van der Waals surface area contributed by atoms with Crippen molar-refractivity contribution in [3.8, 4) is 11.4 Å². The van der Waals surface area contributed by atoms with E-state index in [1.54, 1.807) is 30.5 Å². The lowest BCUT2D eigenvalue weighted by molar-refractivity contribution is 0.383. The standard InChI is InChI=1S/C17H9F4N5OS/c18-11-13(12(19)15(21)23-14(11)20)28-17-25-24-16(9-3-1-5-22-7-9)26(17)8-10-4-2-6-27-10/h1-7H,8H2. The third-order valence-corrected chi connectivity index (χ3v) is 4.73. The second kappa shape index (κ2) is 7.43. The van der Waals surface area contributed by atoms with Gasteiger partial charge in [0.25, 0.3) is 11.9 Å². The van der Waals surface area contributed by atoms with Gasteiger partial charge in [0.15, 0.2) is 22.6 Å². The van der Waals surface area contributed by atoms with E-state index in [1.165, 1.54) is 17.0 Å². The summed E-state index contributed by atoms with van der Waals surface area (Å²) in [5, 5.41) is 7.95. The molecule has 28 heavy (non-hydrogen) atoms. The highest BCUT2D eigenvalue weighted by molar-refractivity contribution is 7.99. The van der Waals surface area contributed by atoms with Gasteiger partial charge >= 0.3 is 0 Å². The normalized spacial score (nSPS) is 11.1. The van der Waals surface area contributed by atoms with Crippen LogP contribution >= 0.6 is 11.8 Å². The van der Waals surface area contributed by atoms with E-state index >= 15 is 0 Å². The minimum Gasteiger partial charge on any atom is -0.467 e. The third-order valence-electron chi connectivity index (χ3n) is 3.68. The summed E-state index contributed by atoms with van der Waals surface area (Å²) >= 11 is 0.390. The summed E-state index contributed by atoms with van der Waals surface area (Å²) in [6.45, 7) is 0.117. The number of halogens is 4. The first-order valence-corrected chi connectivity index (χ1v) is 8.60. The fourth-order valence-electron chi connectivity index (χ4n) is 2.42. The van der Waals surface area contributed by atoms with Gasteiger partial charge in [0.1, 0.15) is 5.76 Å². The monoisotopic (exact) mass is 407 g/mol. The summed E-state index contributed by atoms with van der Waals surface area (Å²) in [6.07, 6.45) is 4.56. The van der Waals surface area contributed by atoms with E-state index in [0.717, 1.165) is 0 Å². The van der Waals surface area contributed by atoms with Gasteiger partial charge < -0.3 is 4.42 Å². The first-order valence-electron chi connectivity index (χ1n) is 7.78. The summed E-state index contributed by atoms with van der Waals surface area (Å²) in [5.74, 6) is -5.86. The number of rotatable bonds is 5. The second-order valence-electron chi connectivity index (χ2n) is 5.47. The molecule has 4 aromatic heterocycles. The zero-order chi connectivity index (χ0) is 19.7. The molecule has 4 aromatic rings. The number of nitrogens with zero attached hydrogens (tertiary/aromatic N) is 5. The van der Waals surface area contributed by atoms with Crippen LogP contribution in [0.4, 0.5) is 17.6 Å². The van der Waals surface area contributed by atoms with Crippen LogP contribution in [-0.2, 0) is 6.54 Å². The Balaban J connectivity index is 1.81. The van der Waals surface area contributed by atoms with Crippen molar-refractivity contribution in [1.29, 1.82) is 0 Å². The molecule has 4 heterocycles. The molecule has 0 saturated heterocycles. The topological polar surface area (TPSA) is 69.6 Å². The lowest BCUT2D eigenvalue weighted by Crippen LogP contribution is -2.06. The van der Waals surface area contributed by atoms with Crippen LogP contribution in [0.1, 0.15) is 5.76 Å². The third kappa shape index (κ3) is 3.36. The zero-order valence-electron chi connectivity index (χ0n) is 13.8. The van der Waals surface area contributed by atoms with Crippen LogP contribution in [0.25, 0.3) is 11.4 Å². The van der Waals surface area contributed by atoms with Gasteiger partial charge in [-0.15, -0.1) is 10.2 Å². The van der Waals surface area contributed by atoms with Crippen molar-refractivity contribution in [2.45, 2.75) is 16.6 Å². The van der Waals surface area contributed by atoms with E-state index in [2.05, 4.69) is 20.2 Å². The molecule has 0 radical (unpaired) electrons. The Morgan fingerprint density at radius 2 is 1.79 bits per heavy atom. The van der Waals surface area contributed by atoms with Gasteiger partial charge in [-0.2, -0.15) is 13.8 Å². The van der Waals surface area contributed by atoms with Gasteiger partial charge in [-0.3, -0.25) is 9.55 Å². The molecule has 6 nitrogen and oxygen atoms in total. The van der Waals surface area contributed by atoms with Gasteiger partial charge in [0, 0.05) is 18.0 Å². The molecular formula is C17H9F4N5OS. The van der Waals surface area contributed by atoms with Crippen LogP contribution in [-0.4, -0.2) is 24.7 Å². The molecule has 0 aliphatic carbocycles. The average molecular weight is 407 g/mol. The molecule has 0 atom stereocenters. The van der Waals surface area contributed by atoms with Gasteiger partial charge in [-0.25, -0.2) is 8.78 Å². The van der Waals surface area contributed by atoms with E-state index in [1.807, 2.05) is 0 Å². The molecule has 0 bridgehead atoms. The van der Waals surface area contributed by atoms with Gasteiger partial charge in [-0.1, -0.05) is 0 Å². The Morgan fingerprint density at radius 1 is 1.00 bits per heavy atom. The predicted octanol–water partition coefficient (Wildman–Crippen LogP) is 4.08. The van der Waals surface area contributed by atoms with E-state index < -0.39 is 28.4 Å². The van der Waals surface area contributed by atoms with Gasteiger partial charge in [0.05, 0.1) is 17.7 Å². The highest BCUT2D eigenvalue weighted by atomic mass is 32.2. The summed E-state index contributed by atoms with van der Waals surface area (Å²) in [5.41, 5.74) is 0.585. The number of pyridine rings is 2. The molecule has 4 rings (SSSR count). The molecule has 0 aliphatic rings. The van der Waals surface area contributed by atoms with Crippen LogP contribution in [0.5, 0.6) is 0 Å². The molecule has 142 valence electrons. The van der Waals surface area contributed by atoms with Crippen LogP contribution in [0.3, 0.4) is 0 Å². The Hall–Kier alpha value is -3.21. The number of hydrogen-bond acceptors (Lipinski definition) is 6. The molecule has 0 N–H and O–H groups in total. The summed E-state index contributed by atoms with van der Waals surface area (Å²) < 4.78 is 61.7. The van der Waals surface area contributed by atoms with Crippen molar-refractivity contribution in [3.63, 3.8) is 0 Å². The van der Waals surface area contributed by atoms with Crippen molar-refractivity contribution in [3.05, 3.63) is 72.2 Å². The maximum Gasteiger partial charge on any atom is 0.252 e. The zero-order valence-corrected chi connectivity index (χ0v) is 14.6. The van der Waals surface area contributed by atoms with Crippen LogP contribution in [0, 0.1) is 23.5 Å². The van der Waals surface area contributed by atoms with E-state index in [-0.39, 0.29) is 11.7 Å². The quantitative estimate of drug-likeness (QED) is 0.367. The fraction of sp³-hybridized carbons (Fsp3) is 0.0588. The Kier molecular flexibility index (Phi) is 4.82. The molecule has 0 spiro atoms.